The Morgan fingerprint density at radius 1 is 1.73 bits per heavy atom. The Morgan fingerprint density at radius 2 is 2.45 bits per heavy atom. The summed E-state index contributed by atoms with van der Waals surface area (Å²) in [5, 5.41) is 3.00. The molecule has 3 unspecified atom stereocenters. The van der Waals surface area contributed by atoms with Crippen molar-refractivity contribution in [1.29, 1.82) is 0 Å². The third kappa shape index (κ3) is 0.805. The molecule has 0 heterocycles. The molecule has 0 bridgehead atoms. The summed E-state index contributed by atoms with van der Waals surface area (Å²) < 4.78 is 0. The Hall–Kier alpha value is -0.570. The second-order valence-corrected chi connectivity index (χ2v) is 3.85. The fourth-order valence-corrected chi connectivity index (χ4v) is 2.50. The molecule has 3 nitrogen and oxygen atoms in total. The third-order valence-electron chi connectivity index (χ3n) is 3.15. The fourth-order valence-electron chi connectivity index (χ4n) is 2.50. The Labute approximate surface area is 66.3 Å². The molecule has 11 heavy (non-hydrogen) atoms. The van der Waals surface area contributed by atoms with Gasteiger partial charge < -0.3 is 11.1 Å². The number of nitrogens with two attached hydrogens (primary N) is 1. The fraction of sp³-hybridized carbons (Fsp3) is 0.875. The summed E-state index contributed by atoms with van der Waals surface area (Å²) in [6, 6.07) is 0.343. The molecule has 3 atom stereocenters. The van der Waals surface area contributed by atoms with E-state index in [-0.39, 0.29) is 11.4 Å². The van der Waals surface area contributed by atoms with Crippen molar-refractivity contribution in [2.45, 2.75) is 37.8 Å². The quantitative estimate of drug-likeness (QED) is 0.558. The smallest absolute Gasteiger partial charge is 0.217 e. The molecule has 62 valence electrons. The van der Waals surface area contributed by atoms with Crippen LogP contribution >= 0.6 is 0 Å². The van der Waals surface area contributed by atoms with Gasteiger partial charge >= 0.3 is 0 Å². The van der Waals surface area contributed by atoms with Crippen LogP contribution in [0.15, 0.2) is 0 Å². The molecule has 2 rings (SSSR count). The Balaban J connectivity index is 1.98. The topological polar surface area (TPSA) is 55.1 Å². The van der Waals surface area contributed by atoms with E-state index in [1.807, 2.05) is 0 Å². The van der Waals surface area contributed by atoms with Crippen LogP contribution in [-0.4, -0.2) is 17.5 Å². The summed E-state index contributed by atoms with van der Waals surface area (Å²) in [6.45, 7) is 1.58. The van der Waals surface area contributed by atoms with Gasteiger partial charge in [-0.2, -0.15) is 0 Å². The predicted molar refractivity (Wildman–Crippen MR) is 41.9 cm³/mol. The van der Waals surface area contributed by atoms with Gasteiger partial charge in [0.05, 0.1) is 0 Å². The molecule has 0 aromatic heterocycles. The zero-order chi connectivity index (χ0) is 8.06. The number of carbonyl (C=O) groups excluding carboxylic acids is 1. The molecule has 3 N–H and O–H groups in total. The van der Waals surface area contributed by atoms with E-state index in [0.717, 1.165) is 12.8 Å². The molecule has 2 aliphatic rings. The van der Waals surface area contributed by atoms with Crippen molar-refractivity contribution in [2.75, 3.05) is 0 Å². The van der Waals surface area contributed by atoms with Crippen LogP contribution < -0.4 is 11.1 Å². The highest BCUT2D eigenvalue weighted by molar-refractivity contribution is 5.74. The minimum absolute atomic E-state index is 0.0848. The van der Waals surface area contributed by atoms with Crippen molar-refractivity contribution in [3.05, 3.63) is 0 Å². The second-order valence-electron chi connectivity index (χ2n) is 3.85. The maximum atomic E-state index is 10.8. The maximum absolute atomic E-state index is 10.8. The second kappa shape index (κ2) is 1.97. The number of amides is 1. The number of nitrogens with one attached hydrogen (secondary N) is 1. The van der Waals surface area contributed by atoms with Crippen molar-refractivity contribution in [1.82, 2.24) is 5.32 Å². The summed E-state index contributed by atoms with van der Waals surface area (Å²) in [5.41, 5.74) is 5.90. The molecule has 2 aliphatic carbocycles. The highest BCUT2D eigenvalue weighted by atomic mass is 16.1. The maximum Gasteiger partial charge on any atom is 0.217 e. The van der Waals surface area contributed by atoms with Crippen LogP contribution in [0.25, 0.3) is 0 Å². The first-order valence-corrected chi connectivity index (χ1v) is 4.18. The minimum atomic E-state index is 0.0848. The Bertz CT molecular complexity index is 204. The van der Waals surface area contributed by atoms with Crippen LogP contribution in [0, 0.1) is 5.92 Å². The van der Waals surface area contributed by atoms with Crippen LogP contribution in [-0.2, 0) is 4.79 Å². The van der Waals surface area contributed by atoms with Crippen LogP contribution in [0.4, 0.5) is 0 Å². The van der Waals surface area contributed by atoms with E-state index in [1.54, 1.807) is 6.92 Å². The third-order valence-corrected chi connectivity index (χ3v) is 3.15. The number of fused-ring (bicyclic) bond motifs is 1. The summed E-state index contributed by atoms with van der Waals surface area (Å²) in [4.78, 5) is 10.8. The van der Waals surface area contributed by atoms with E-state index < -0.39 is 0 Å². The van der Waals surface area contributed by atoms with Crippen molar-refractivity contribution in [2.24, 2.45) is 11.7 Å². The molecule has 2 fully saturated rings. The van der Waals surface area contributed by atoms with Crippen LogP contribution in [0.3, 0.4) is 0 Å². The summed E-state index contributed by atoms with van der Waals surface area (Å²) in [5.74, 6) is 0.660. The van der Waals surface area contributed by atoms with Gasteiger partial charge in [0.1, 0.15) is 0 Å². The minimum Gasteiger partial charge on any atom is -0.351 e. The largest absolute Gasteiger partial charge is 0.351 e. The van der Waals surface area contributed by atoms with Gasteiger partial charge in [-0.05, 0) is 25.2 Å². The highest BCUT2D eigenvalue weighted by Gasteiger charge is 2.58. The van der Waals surface area contributed by atoms with Crippen molar-refractivity contribution in [3.8, 4) is 0 Å². The molecule has 0 saturated heterocycles. The lowest BCUT2D eigenvalue weighted by Crippen LogP contribution is -2.74. The lowest BCUT2D eigenvalue weighted by Gasteiger charge is -2.62. The summed E-state index contributed by atoms with van der Waals surface area (Å²) in [6.07, 6.45) is 3.31. The van der Waals surface area contributed by atoms with Gasteiger partial charge in [0.25, 0.3) is 0 Å². The number of hydrogen-bond donors (Lipinski definition) is 2. The standard InChI is InChI=1S/C8H14N2O/c1-5(11)10-8-3-2-6(8)7(9)4-8/h6-7H,2-4,9H2,1H3,(H,10,11). The number of rotatable bonds is 1. The first kappa shape index (κ1) is 7.10. The lowest BCUT2D eigenvalue weighted by atomic mass is 9.50. The van der Waals surface area contributed by atoms with Gasteiger partial charge in [0, 0.05) is 18.5 Å². The number of carbonyl (C=O) groups is 1. The summed E-state index contributed by atoms with van der Waals surface area (Å²) in [7, 11) is 0. The van der Waals surface area contributed by atoms with Gasteiger partial charge in [-0.3, -0.25) is 4.79 Å². The van der Waals surface area contributed by atoms with Crippen molar-refractivity contribution >= 4 is 5.91 Å². The van der Waals surface area contributed by atoms with Crippen molar-refractivity contribution < 1.29 is 4.79 Å². The average Bonchev–Trinajstić information content (AvgIpc) is 1.83. The first-order valence-electron chi connectivity index (χ1n) is 4.18. The normalized spacial score (nSPS) is 46.7. The zero-order valence-electron chi connectivity index (χ0n) is 6.76. The molecular weight excluding hydrogens is 140 g/mol. The molecule has 0 aliphatic heterocycles. The van der Waals surface area contributed by atoms with Gasteiger partial charge in [-0.1, -0.05) is 0 Å². The van der Waals surface area contributed by atoms with E-state index in [0.29, 0.717) is 12.0 Å². The van der Waals surface area contributed by atoms with Gasteiger partial charge in [0.15, 0.2) is 0 Å². The highest BCUT2D eigenvalue weighted by Crippen LogP contribution is 2.52. The zero-order valence-corrected chi connectivity index (χ0v) is 6.76. The molecule has 3 heteroatoms. The molecule has 0 spiro atoms. The molecule has 0 aromatic rings. The van der Waals surface area contributed by atoms with Crippen molar-refractivity contribution in [3.63, 3.8) is 0 Å². The lowest BCUT2D eigenvalue weighted by molar-refractivity contribution is -0.129. The van der Waals surface area contributed by atoms with Gasteiger partial charge in [-0.15, -0.1) is 0 Å². The molecule has 0 aromatic carbocycles. The SMILES string of the molecule is CC(=O)NC12CCC1C(N)C2. The van der Waals surface area contributed by atoms with Crippen LogP contribution in [0.1, 0.15) is 26.2 Å². The van der Waals surface area contributed by atoms with E-state index >= 15 is 0 Å². The monoisotopic (exact) mass is 154 g/mol. The first-order chi connectivity index (χ1) is 5.14. The molecular formula is C8H14N2O. The Kier molecular flexibility index (Phi) is 1.27. The van der Waals surface area contributed by atoms with Crippen LogP contribution in [0.2, 0.25) is 0 Å². The van der Waals surface area contributed by atoms with Gasteiger partial charge in [0.2, 0.25) is 5.91 Å². The van der Waals surface area contributed by atoms with E-state index in [4.69, 9.17) is 5.73 Å². The molecule has 1 amide bonds. The van der Waals surface area contributed by atoms with Gasteiger partial charge in [-0.25, -0.2) is 0 Å². The van der Waals surface area contributed by atoms with Crippen LogP contribution in [0.5, 0.6) is 0 Å². The molecule has 2 saturated carbocycles. The van der Waals surface area contributed by atoms with E-state index in [1.165, 1.54) is 6.42 Å². The van der Waals surface area contributed by atoms with E-state index in [9.17, 15) is 4.79 Å². The predicted octanol–water partition coefficient (Wildman–Crippen LogP) is 0.00230. The molecule has 0 radical (unpaired) electrons. The average molecular weight is 154 g/mol. The Morgan fingerprint density at radius 3 is 2.73 bits per heavy atom. The van der Waals surface area contributed by atoms with E-state index in [2.05, 4.69) is 5.32 Å². The summed E-state index contributed by atoms with van der Waals surface area (Å²) >= 11 is 0. The number of hydrogen-bond acceptors (Lipinski definition) is 2.